The zero-order valence-electron chi connectivity index (χ0n) is 26.5. The first-order chi connectivity index (χ1) is 21.3. The number of nitrogens with zero attached hydrogens (tertiary/aromatic N) is 3. The molecule has 0 saturated heterocycles. The summed E-state index contributed by atoms with van der Waals surface area (Å²) in [7, 11) is 1.66. The molecule has 2 aromatic carbocycles. The number of ether oxygens (including phenoxy) is 2. The lowest BCUT2D eigenvalue weighted by molar-refractivity contribution is 0.0492. The Balaban J connectivity index is 1.50. The van der Waals surface area contributed by atoms with Gasteiger partial charge >= 0.3 is 6.09 Å². The van der Waals surface area contributed by atoms with E-state index in [1.165, 1.54) is 18.2 Å². The molecule has 1 amide bonds. The van der Waals surface area contributed by atoms with Crippen molar-refractivity contribution in [1.29, 1.82) is 0 Å². The molecule has 0 spiro atoms. The minimum atomic E-state index is -0.553. The number of rotatable bonds is 7. The smallest absolute Gasteiger partial charge is 0.407 e. The Morgan fingerprint density at radius 2 is 1.76 bits per heavy atom. The Morgan fingerprint density at radius 3 is 2.40 bits per heavy atom. The maximum atomic E-state index is 14.0. The molecule has 1 fully saturated rings. The number of carbonyl (C=O) groups excluding carboxylic acids is 1. The van der Waals surface area contributed by atoms with Gasteiger partial charge in [-0.2, -0.15) is 5.10 Å². The van der Waals surface area contributed by atoms with Crippen LogP contribution in [0, 0.1) is 19.7 Å². The highest BCUT2D eigenvalue weighted by atomic mass is 35.5. The highest BCUT2D eigenvalue weighted by Gasteiger charge is 2.26. The van der Waals surface area contributed by atoms with Crippen molar-refractivity contribution >= 4 is 40.4 Å². The van der Waals surface area contributed by atoms with E-state index in [1.807, 2.05) is 43.6 Å². The Kier molecular flexibility index (Phi) is 9.25. The van der Waals surface area contributed by atoms with Crippen LogP contribution in [-0.2, 0) is 4.74 Å². The number of methoxy groups -OCH3 is 1. The highest BCUT2D eigenvalue weighted by Crippen LogP contribution is 2.36. The van der Waals surface area contributed by atoms with Gasteiger partial charge in [0.05, 0.1) is 40.8 Å². The fourth-order valence-corrected chi connectivity index (χ4v) is 6.02. The van der Waals surface area contributed by atoms with E-state index in [0.717, 1.165) is 64.9 Å². The number of aromatic nitrogens is 2. The van der Waals surface area contributed by atoms with Gasteiger partial charge in [0.2, 0.25) is 0 Å². The van der Waals surface area contributed by atoms with Gasteiger partial charge in [-0.25, -0.2) is 18.7 Å². The summed E-state index contributed by atoms with van der Waals surface area (Å²) in [4.78, 5) is 16.8. The molecule has 5 rings (SSSR count). The molecule has 2 aromatic heterocycles. The topological polar surface area (TPSA) is 115 Å². The molecule has 11 heteroatoms. The number of hydrogen-bond donors (Lipinski definition) is 3. The molecule has 0 unspecified atom stereocenters. The molecule has 4 N–H and O–H groups in total. The van der Waals surface area contributed by atoms with E-state index in [0.29, 0.717) is 5.56 Å². The molecule has 238 valence electrons. The number of alkyl carbamates (subject to hydrolysis) is 1. The number of aryl methyl sites for hydroxylation is 2. The number of aliphatic imine (C=N–C) groups is 1. The largest absolute Gasteiger partial charge is 0.497 e. The fourth-order valence-electron chi connectivity index (χ4n) is 5.86. The minimum absolute atomic E-state index is 0.0255. The van der Waals surface area contributed by atoms with E-state index in [-0.39, 0.29) is 28.6 Å². The van der Waals surface area contributed by atoms with Crippen LogP contribution in [0.4, 0.5) is 20.6 Å². The number of fused-ring (bicyclic) bond motifs is 1. The van der Waals surface area contributed by atoms with Crippen LogP contribution in [0.3, 0.4) is 0 Å². The van der Waals surface area contributed by atoms with E-state index in [1.54, 1.807) is 13.3 Å². The van der Waals surface area contributed by atoms with Gasteiger partial charge in [-0.3, -0.25) is 0 Å². The second kappa shape index (κ2) is 13.0. The molecular weight excluding hydrogens is 595 g/mol. The standard InChI is InChI=1S/C34H40ClFN6O3/c1-19-13-25(44-6)14-20(2)30(19)21-15-29-31(39-23-8-10-24(11-9-23)40-33(43)45-34(3,4)5)26(17-38-42(29)18-21)32(37)41-28-16-22(36)7-12-27(28)35/h7,12-18,23-24,39H,8-11H2,1-6H3,(H2,37,41)(H,40,43). The van der Waals surface area contributed by atoms with Gasteiger partial charge in [-0.1, -0.05) is 11.6 Å². The van der Waals surface area contributed by atoms with Crippen molar-refractivity contribution in [3.63, 3.8) is 0 Å². The van der Waals surface area contributed by atoms with Crippen LogP contribution in [0.5, 0.6) is 5.75 Å². The molecule has 0 atom stereocenters. The number of nitrogens with one attached hydrogen (secondary N) is 2. The molecule has 45 heavy (non-hydrogen) atoms. The van der Waals surface area contributed by atoms with E-state index >= 15 is 0 Å². The van der Waals surface area contributed by atoms with Gasteiger partial charge in [0.25, 0.3) is 0 Å². The van der Waals surface area contributed by atoms with E-state index in [9.17, 15) is 9.18 Å². The molecule has 4 aromatic rings. The van der Waals surface area contributed by atoms with Crippen LogP contribution in [0.2, 0.25) is 5.02 Å². The summed E-state index contributed by atoms with van der Waals surface area (Å²) >= 11 is 6.31. The lowest BCUT2D eigenvalue weighted by atomic mass is 9.91. The summed E-state index contributed by atoms with van der Waals surface area (Å²) in [6.45, 7) is 9.66. The second-order valence-corrected chi connectivity index (χ2v) is 13.0. The Labute approximate surface area is 268 Å². The molecule has 2 heterocycles. The third kappa shape index (κ3) is 7.50. The van der Waals surface area contributed by atoms with Crippen LogP contribution < -0.4 is 21.1 Å². The van der Waals surface area contributed by atoms with E-state index in [2.05, 4.69) is 40.6 Å². The van der Waals surface area contributed by atoms with Gasteiger partial charge < -0.3 is 25.8 Å². The molecule has 0 bridgehead atoms. The average molecular weight is 635 g/mol. The van der Waals surface area contributed by atoms with Gasteiger partial charge in [-0.05, 0) is 107 Å². The summed E-state index contributed by atoms with van der Waals surface area (Å²) in [6, 6.07) is 10.2. The van der Waals surface area contributed by atoms with E-state index in [4.69, 9.17) is 26.8 Å². The lowest BCUT2D eigenvalue weighted by Crippen LogP contribution is -2.42. The zero-order valence-corrected chi connectivity index (χ0v) is 27.3. The maximum absolute atomic E-state index is 14.0. The van der Waals surface area contributed by atoms with Crippen LogP contribution in [0.15, 0.2) is 53.8 Å². The van der Waals surface area contributed by atoms with Crippen LogP contribution >= 0.6 is 11.6 Å². The van der Waals surface area contributed by atoms with E-state index < -0.39 is 17.5 Å². The number of carbonyl (C=O) groups is 1. The third-order valence-electron chi connectivity index (χ3n) is 7.89. The number of benzene rings is 2. The van der Waals surface area contributed by atoms with Crippen molar-refractivity contribution in [2.24, 2.45) is 10.7 Å². The number of halogens is 2. The first kappa shape index (κ1) is 32.1. The number of hydrogen-bond acceptors (Lipinski definition) is 6. The van der Waals surface area contributed by atoms with Gasteiger partial charge in [0.1, 0.15) is 23.0 Å². The van der Waals surface area contributed by atoms with Crippen LogP contribution in [0.1, 0.15) is 63.1 Å². The second-order valence-electron chi connectivity index (χ2n) is 12.6. The predicted molar refractivity (Wildman–Crippen MR) is 177 cm³/mol. The maximum Gasteiger partial charge on any atom is 0.407 e. The summed E-state index contributed by atoms with van der Waals surface area (Å²) in [5.74, 6) is 0.493. The van der Waals surface area contributed by atoms with Crippen molar-refractivity contribution in [3.05, 3.63) is 76.3 Å². The summed E-state index contributed by atoms with van der Waals surface area (Å²) in [5, 5.41) is 11.7. The van der Waals surface area contributed by atoms with Gasteiger partial charge in [0.15, 0.2) is 0 Å². The zero-order chi connectivity index (χ0) is 32.5. The fraction of sp³-hybridized carbons (Fsp3) is 0.382. The third-order valence-corrected chi connectivity index (χ3v) is 8.21. The van der Waals surface area contributed by atoms with Gasteiger partial charge in [-0.15, -0.1) is 0 Å². The molecule has 0 aliphatic heterocycles. The Morgan fingerprint density at radius 1 is 1.09 bits per heavy atom. The normalized spacial score (nSPS) is 17.3. The van der Waals surface area contributed by atoms with Crippen molar-refractivity contribution < 1.29 is 18.7 Å². The Bertz CT molecular complexity index is 1730. The number of anilines is 1. The molecular formula is C34H40ClFN6O3. The number of nitrogens with two attached hydrogens (primary N) is 1. The SMILES string of the molecule is COc1cc(C)c(-c2cc3c(NC4CCC(NC(=O)OC(C)(C)C)CC4)c(C(N)=Nc4cc(F)ccc4Cl)cnn3c2)c(C)c1. The molecule has 0 radical (unpaired) electrons. The van der Waals surface area contributed by atoms with Crippen LogP contribution in [-0.4, -0.2) is 46.3 Å². The van der Waals surface area contributed by atoms with Crippen molar-refractivity contribution in [2.45, 2.75) is 78.0 Å². The summed E-state index contributed by atoms with van der Waals surface area (Å²) in [5.41, 5.74) is 12.6. The highest BCUT2D eigenvalue weighted by molar-refractivity contribution is 6.33. The Hall–Kier alpha value is -4.31. The summed E-state index contributed by atoms with van der Waals surface area (Å²) < 4.78 is 26.8. The summed E-state index contributed by atoms with van der Waals surface area (Å²) in [6.07, 6.45) is 6.44. The van der Waals surface area contributed by atoms with Crippen molar-refractivity contribution in [3.8, 4) is 16.9 Å². The van der Waals surface area contributed by atoms with Crippen LogP contribution in [0.25, 0.3) is 16.6 Å². The average Bonchev–Trinajstić information content (AvgIpc) is 3.39. The molecule has 1 aliphatic rings. The number of amides is 1. The molecule has 1 aliphatic carbocycles. The minimum Gasteiger partial charge on any atom is -0.497 e. The monoisotopic (exact) mass is 634 g/mol. The predicted octanol–water partition coefficient (Wildman–Crippen LogP) is 7.70. The molecule has 1 saturated carbocycles. The number of amidine groups is 1. The first-order valence-corrected chi connectivity index (χ1v) is 15.4. The van der Waals surface area contributed by atoms with Gasteiger partial charge in [0, 0.05) is 29.9 Å². The van der Waals surface area contributed by atoms with Crippen molar-refractivity contribution in [1.82, 2.24) is 14.9 Å². The molecule has 9 nitrogen and oxygen atoms in total. The first-order valence-electron chi connectivity index (χ1n) is 15.0. The lowest BCUT2D eigenvalue weighted by Gasteiger charge is -2.31. The quantitative estimate of drug-likeness (QED) is 0.142. The van der Waals surface area contributed by atoms with Crippen molar-refractivity contribution in [2.75, 3.05) is 12.4 Å².